The van der Waals surface area contributed by atoms with Gasteiger partial charge in [0.1, 0.15) is 5.78 Å². The van der Waals surface area contributed by atoms with Crippen LogP contribution in [0.4, 0.5) is 0 Å². The van der Waals surface area contributed by atoms with Gasteiger partial charge in [0.25, 0.3) is 0 Å². The standard InChI is InChI=1S/C11H20O3S/c1-2-3-4-5-11(12)8-10-6-7-15(13,14)9-10/h10H,2-9H2,1H3. The van der Waals surface area contributed by atoms with Crippen molar-refractivity contribution in [1.29, 1.82) is 0 Å². The van der Waals surface area contributed by atoms with Crippen molar-refractivity contribution >= 4 is 15.6 Å². The van der Waals surface area contributed by atoms with Gasteiger partial charge in [-0.2, -0.15) is 0 Å². The molecule has 0 amide bonds. The van der Waals surface area contributed by atoms with Crippen LogP contribution in [0.1, 0.15) is 45.4 Å². The second-order valence-electron chi connectivity index (χ2n) is 4.47. The predicted molar refractivity (Wildman–Crippen MR) is 60.5 cm³/mol. The van der Waals surface area contributed by atoms with Gasteiger partial charge in [0.15, 0.2) is 9.84 Å². The van der Waals surface area contributed by atoms with Crippen molar-refractivity contribution in [2.45, 2.75) is 45.4 Å². The van der Waals surface area contributed by atoms with E-state index in [1.165, 1.54) is 0 Å². The molecule has 3 nitrogen and oxygen atoms in total. The molecule has 0 aromatic heterocycles. The average Bonchev–Trinajstić information content (AvgIpc) is 2.46. The lowest BCUT2D eigenvalue weighted by Crippen LogP contribution is -2.10. The Bertz CT molecular complexity index is 306. The highest BCUT2D eigenvalue weighted by molar-refractivity contribution is 7.91. The molecule has 0 bridgehead atoms. The van der Waals surface area contributed by atoms with Crippen LogP contribution in [0.15, 0.2) is 0 Å². The molecule has 1 rings (SSSR count). The van der Waals surface area contributed by atoms with Gasteiger partial charge in [0.2, 0.25) is 0 Å². The highest BCUT2D eigenvalue weighted by Gasteiger charge is 2.28. The molecule has 1 aliphatic rings. The summed E-state index contributed by atoms with van der Waals surface area (Å²) in [5.74, 6) is 0.849. The molecule has 0 aromatic rings. The van der Waals surface area contributed by atoms with Crippen LogP contribution >= 0.6 is 0 Å². The summed E-state index contributed by atoms with van der Waals surface area (Å²) in [6.07, 6.45) is 4.95. The Kier molecular flexibility index (Phi) is 4.77. The third-order valence-corrected chi connectivity index (χ3v) is 4.74. The molecule has 1 fully saturated rings. The molecule has 1 saturated heterocycles. The number of unbranched alkanes of at least 4 members (excludes halogenated alkanes) is 2. The van der Waals surface area contributed by atoms with Gasteiger partial charge < -0.3 is 0 Å². The van der Waals surface area contributed by atoms with Crippen molar-refractivity contribution in [3.05, 3.63) is 0 Å². The van der Waals surface area contributed by atoms with E-state index < -0.39 is 9.84 Å². The lowest BCUT2D eigenvalue weighted by molar-refractivity contribution is -0.119. The topological polar surface area (TPSA) is 51.2 Å². The Hall–Kier alpha value is -0.380. The van der Waals surface area contributed by atoms with Crippen molar-refractivity contribution in [3.63, 3.8) is 0 Å². The first-order chi connectivity index (χ1) is 7.03. The van der Waals surface area contributed by atoms with E-state index in [9.17, 15) is 13.2 Å². The van der Waals surface area contributed by atoms with Gasteiger partial charge in [0, 0.05) is 12.8 Å². The van der Waals surface area contributed by atoms with Gasteiger partial charge in [-0.1, -0.05) is 19.8 Å². The molecule has 0 aromatic carbocycles. The van der Waals surface area contributed by atoms with E-state index in [0.29, 0.717) is 19.3 Å². The number of hydrogen-bond acceptors (Lipinski definition) is 3. The molecule has 0 saturated carbocycles. The largest absolute Gasteiger partial charge is 0.300 e. The maximum absolute atomic E-state index is 11.5. The fourth-order valence-electron chi connectivity index (χ4n) is 2.03. The lowest BCUT2D eigenvalue weighted by atomic mass is 9.99. The SMILES string of the molecule is CCCCCC(=O)CC1CCS(=O)(=O)C1. The summed E-state index contributed by atoms with van der Waals surface area (Å²) in [6, 6.07) is 0. The monoisotopic (exact) mass is 232 g/mol. The Morgan fingerprint density at radius 1 is 1.33 bits per heavy atom. The fraction of sp³-hybridized carbons (Fsp3) is 0.909. The van der Waals surface area contributed by atoms with Crippen molar-refractivity contribution < 1.29 is 13.2 Å². The Balaban J connectivity index is 2.22. The molecular weight excluding hydrogens is 212 g/mol. The summed E-state index contributed by atoms with van der Waals surface area (Å²) in [7, 11) is -2.82. The van der Waals surface area contributed by atoms with Crippen LogP contribution in [-0.2, 0) is 14.6 Å². The third kappa shape index (κ3) is 4.78. The Labute approximate surface area is 92.2 Å². The second kappa shape index (κ2) is 5.64. The third-order valence-electron chi connectivity index (χ3n) is 2.90. The van der Waals surface area contributed by atoms with Gasteiger partial charge in [-0.25, -0.2) is 8.42 Å². The second-order valence-corrected chi connectivity index (χ2v) is 6.70. The molecule has 88 valence electrons. The minimum Gasteiger partial charge on any atom is -0.300 e. The minimum absolute atomic E-state index is 0.101. The predicted octanol–water partition coefficient (Wildman–Crippen LogP) is 1.96. The van der Waals surface area contributed by atoms with Gasteiger partial charge >= 0.3 is 0 Å². The molecular formula is C11H20O3S. The molecule has 4 heteroatoms. The highest BCUT2D eigenvalue weighted by Crippen LogP contribution is 2.22. The highest BCUT2D eigenvalue weighted by atomic mass is 32.2. The van der Waals surface area contributed by atoms with E-state index in [-0.39, 0.29) is 23.2 Å². The van der Waals surface area contributed by atoms with Crippen molar-refractivity contribution in [2.75, 3.05) is 11.5 Å². The molecule has 1 unspecified atom stereocenters. The van der Waals surface area contributed by atoms with Crippen LogP contribution in [0.3, 0.4) is 0 Å². The number of carbonyl (C=O) groups is 1. The summed E-state index contributed by atoms with van der Waals surface area (Å²) < 4.78 is 22.3. The van der Waals surface area contributed by atoms with E-state index in [1.807, 2.05) is 0 Å². The Morgan fingerprint density at radius 3 is 2.60 bits per heavy atom. The van der Waals surface area contributed by atoms with E-state index in [4.69, 9.17) is 0 Å². The molecule has 0 radical (unpaired) electrons. The quantitative estimate of drug-likeness (QED) is 0.658. The summed E-state index contributed by atoms with van der Waals surface area (Å²) in [5.41, 5.74) is 0. The molecule has 15 heavy (non-hydrogen) atoms. The number of ketones is 1. The first-order valence-corrected chi connectivity index (χ1v) is 7.58. The average molecular weight is 232 g/mol. The zero-order chi connectivity index (χ0) is 11.3. The van der Waals surface area contributed by atoms with Crippen LogP contribution in [0.2, 0.25) is 0 Å². The molecule has 1 heterocycles. The van der Waals surface area contributed by atoms with Gasteiger partial charge in [-0.05, 0) is 18.8 Å². The van der Waals surface area contributed by atoms with Gasteiger partial charge in [-0.15, -0.1) is 0 Å². The van der Waals surface area contributed by atoms with Crippen molar-refractivity contribution in [3.8, 4) is 0 Å². The van der Waals surface area contributed by atoms with Crippen LogP contribution in [0, 0.1) is 5.92 Å². The van der Waals surface area contributed by atoms with Gasteiger partial charge in [-0.3, -0.25) is 4.79 Å². The van der Waals surface area contributed by atoms with E-state index >= 15 is 0 Å². The van der Waals surface area contributed by atoms with E-state index in [0.717, 1.165) is 19.3 Å². The zero-order valence-corrected chi connectivity index (χ0v) is 10.2. The van der Waals surface area contributed by atoms with Crippen LogP contribution in [-0.4, -0.2) is 25.7 Å². The van der Waals surface area contributed by atoms with Crippen molar-refractivity contribution in [2.24, 2.45) is 5.92 Å². The molecule has 0 spiro atoms. The normalized spacial score (nSPS) is 24.2. The maximum atomic E-state index is 11.5. The first-order valence-electron chi connectivity index (χ1n) is 5.75. The number of rotatable bonds is 6. The molecule has 1 aliphatic heterocycles. The zero-order valence-electron chi connectivity index (χ0n) is 9.37. The van der Waals surface area contributed by atoms with Crippen LogP contribution < -0.4 is 0 Å². The summed E-state index contributed by atoms with van der Waals surface area (Å²) >= 11 is 0. The fourth-order valence-corrected chi connectivity index (χ4v) is 3.89. The first kappa shape index (κ1) is 12.7. The Morgan fingerprint density at radius 2 is 2.07 bits per heavy atom. The van der Waals surface area contributed by atoms with Crippen LogP contribution in [0.5, 0.6) is 0 Å². The summed E-state index contributed by atoms with van der Waals surface area (Å²) in [4.78, 5) is 11.5. The lowest BCUT2D eigenvalue weighted by Gasteiger charge is -2.05. The molecule has 1 atom stereocenters. The maximum Gasteiger partial charge on any atom is 0.150 e. The summed E-state index contributed by atoms with van der Waals surface area (Å²) in [6.45, 7) is 2.11. The van der Waals surface area contributed by atoms with E-state index in [1.54, 1.807) is 0 Å². The van der Waals surface area contributed by atoms with Gasteiger partial charge in [0.05, 0.1) is 11.5 Å². The number of carbonyl (C=O) groups excluding carboxylic acids is 1. The van der Waals surface area contributed by atoms with Crippen LogP contribution in [0.25, 0.3) is 0 Å². The number of hydrogen-bond donors (Lipinski definition) is 0. The minimum atomic E-state index is -2.82. The van der Waals surface area contributed by atoms with E-state index in [2.05, 4.69) is 6.92 Å². The number of Topliss-reactive ketones (excluding diaryl/α,β-unsaturated/α-hetero) is 1. The van der Waals surface area contributed by atoms with Crippen molar-refractivity contribution in [1.82, 2.24) is 0 Å². The molecule has 0 N–H and O–H groups in total. The molecule has 0 aliphatic carbocycles. The summed E-state index contributed by atoms with van der Waals surface area (Å²) in [5, 5.41) is 0. The smallest absolute Gasteiger partial charge is 0.150 e. The number of sulfone groups is 1.